The van der Waals surface area contributed by atoms with Crippen LogP contribution in [0.15, 0.2) is 67.0 Å². The fraction of sp³-hybridized carbons (Fsp3) is 0.190. The van der Waals surface area contributed by atoms with Gasteiger partial charge in [0.05, 0.1) is 12.3 Å². The van der Waals surface area contributed by atoms with Crippen LogP contribution in [0.2, 0.25) is 0 Å². The van der Waals surface area contributed by atoms with Crippen molar-refractivity contribution in [3.05, 3.63) is 78.1 Å². The van der Waals surface area contributed by atoms with Crippen LogP contribution in [0.4, 0.5) is 5.69 Å². The van der Waals surface area contributed by atoms with Gasteiger partial charge in [0.15, 0.2) is 0 Å². The summed E-state index contributed by atoms with van der Waals surface area (Å²) in [5.41, 5.74) is 3.40. The number of carbonyl (C=O) groups is 1. The molecule has 0 unspecified atom stereocenters. The van der Waals surface area contributed by atoms with Crippen molar-refractivity contribution in [1.29, 1.82) is 0 Å². The van der Waals surface area contributed by atoms with E-state index in [-0.39, 0.29) is 5.91 Å². The van der Waals surface area contributed by atoms with Crippen molar-refractivity contribution in [2.24, 2.45) is 0 Å². The van der Waals surface area contributed by atoms with Crippen LogP contribution in [-0.4, -0.2) is 17.1 Å². The number of para-hydroxylation sites is 2. The predicted molar refractivity (Wildman–Crippen MR) is 101 cm³/mol. The number of anilines is 1. The van der Waals surface area contributed by atoms with E-state index in [2.05, 4.69) is 12.2 Å². The lowest BCUT2D eigenvalue weighted by molar-refractivity contribution is 0.102. The maximum Gasteiger partial charge on any atom is 0.255 e. The number of hydrogen-bond donors (Lipinski definition) is 1. The maximum atomic E-state index is 12.7. The zero-order valence-corrected chi connectivity index (χ0v) is 14.5. The van der Waals surface area contributed by atoms with Crippen molar-refractivity contribution in [3.8, 4) is 11.4 Å². The third kappa shape index (κ3) is 3.91. The Labute approximate surface area is 148 Å². The smallest absolute Gasteiger partial charge is 0.255 e. The van der Waals surface area contributed by atoms with Gasteiger partial charge in [0.1, 0.15) is 5.75 Å². The molecule has 0 atom stereocenters. The molecule has 0 saturated heterocycles. The summed E-state index contributed by atoms with van der Waals surface area (Å²) in [6.45, 7) is 4.70. The van der Waals surface area contributed by atoms with Gasteiger partial charge in [-0.1, -0.05) is 25.1 Å². The molecule has 0 bridgehead atoms. The van der Waals surface area contributed by atoms with Gasteiger partial charge in [-0.15, -0.1) is 0 Å². The standard InChI is InChI=1S/C21H22N2O2/c1-3-14-25-20-9-5-4-8-18(20)22-21(24)17-11-10-16(2)19(15-17)23-12-6-7-13-23/h4-13,15H,3,14H2,1-2H3,(H,22,24). The number of ether oxygens (including phenoxy) is 1. The Kier molecular flexibility index (Phi) is 5.19. The zero-order chi connectivity index (χ0) is 17.6. The van der Waals surface area contributed by atoms with E-state index in [9.17, 15) is 4.79 Å². The molecule has 0 aliphatic rings. The molecule has 3 aromatic rings. The monoisotopic (exact) mass is 334 g/mol. The van der Waals surface area contributed by atoms with E-state index in [1.165, 1.54) is 0 Å². The molecule has 0 radical (unpaired) electrons. The third-order valence-corrected chi connectivity index (χ3v) is 3.95. The van der Waals surface area contributed by atoms with E-state index in [0.29, 0.717) is 23.6 Å². The van der Waals surface area contributed by atoms with Gasteiger partial charge in [-0.25, -0.2) is 0 Å². The number of amides is 1. The summed E-state index contributed by atoms with van der Waals surface area (Å²) in [6, 6.07) is 17.1. The van der Waals surface area contributed by atoms with Crippen LogP contribution < -0.4 is 10.1 Å². The van der Waals surface area contributed by atoms with E-state index < -0.39 is 0 Å². The molecule has 2 aromatic carbocycles. The zero-order valence-electron chi connectivity index (χ0n) is 14.5. The average molecular weight is 334 g/mol. The number of aromatic nitrogens is 1. The van der Waals surface area contributed by atoms with Crippen LogP contribution in [0.5, 0.6) is 5.75 Å². The van der Waals surface area contributed by atoms with E-state index in [1.807, 2.05) is 78.5 Å². The molecule has 3 rings (SSSR count). The minimum Gasteiger partial charge on any atom is -0.491 e. The second-order valence-electron chi connectivity index (χ2n) is 5.89. The van der Waals surface area contributed by atoms with Crippen LogP contribution in [0, 0.1) is 6.92 Å². The lowest BCUT2D eigenvalue weighted by Crippen LogP contribution is -2.13. The molecule has 0 aliphatic carbocycles. The first-order chi connectivity index (χ1) is 12.2. The molecule has 0 fully saturated rings. The fourth-order valence-electron chi connectivity index (χ4n) is 2.63. The molecule has 25 heavy (non-hydrogen) atoms. The van der Waals surface area contributed by atoms with Gasteiger partial charge in [-0.05, 0) is 55.3 Å². The summed E-state index contributed by atoms with van der Waals surface area (Å²) in [5, 5.41) is 2.95. The molecule has 0 spiro atoms. The van der Waals surface area contributed by atoms with Crippen LogP contribution in [0.3, 0.4) is 0 Å². The number of hydrogen-bond acceptors (Lipinski definition) is 2. The first-order valence-corrected chi connectivity index (χ1v) is 8.46. The Morgan fingerprint density at radius 2 is 1.84 bits per heavy atom. The van der Waals surface area contributed by atoms with E-state index in [0.717, 1.165) is 17.7 Å². The fourth-order valence-corrected chi connectivity index (χ4v) is 2.63. The highest BCUT2D eigenvalue weighted by Gasteiger charge is 2.12. The van der Waals surface area contributed by atoms with E-state index in [4.69, 9.17) is 4.74 Å². The quantitative estimate of drug-likeness (QED) is 0.702. The third-order valence-electron chi connectivity index (χ3n) is 3.95. The number of carbonyl (C=O) groups excluding carboxylic acids is 1. The van der Waals surface area contributed by atoms with Crippen molar-refractivity contribution in [3.63, 3.8) is 0 Å². The van der Waals surface area contributed by atoms with Gasteiger partial charge in [0.2, 0.25) is 0 Å². The molecular formula is C21H22N2O2. The lowest BCUT2D eigenvalue weighted by Gasteiger charge is -2.13. The Hall–Kier alpha value is -3.01. The molecule has 0 aliphatic heterocycles. The molecular weight excluding hydrogens is 312 g/mol. The molecule has 1 aromatic heterocycles. The molecule has 128 valence electrons. The molecule has 1 amide bonds. The number of aryl methyl sites for hydroxylation is 1. The lowest BCUT2D eigenvalue weighted by atomic mass is 10.1. The summed E-state index contributed by atoms with van der Waals surface area (Å²) in [7, 11) is 0. The number of nitrogens with zero attached hydrogens (tertiary/aromatic N) is 1. The first-order valence-electron chi connectivity index (χ1n) is 8.46. The highest BCUT2D eigenvalue weighted by molar-refractivity contribution is 6.05. The molecule has 4 heteroatoms. The summed E-state index contributed by atoms with van der Waals surface area (Å²) < 4.78 is 7.71. The van der Waals surface area contributed by atoms with Gasteiger partial charge in [-0.3, -0.25) is 4.79 Å². The van der Waals surface area contributed by atoms with Crippen molar-refractivity contribution in [1.82, 2.24) is 4.57 Å². The molecule has 1 N–H and O–H groups in total. The molecule has 0 saturated carbocycles. The molecule has 1 heterocycles. The van der Waals surface area contributed by atoms with Gasteiger partial charge >= 0.3 is 0 Å². The van der Waals surface area contributed by atoms with Crippen molar-refractivity contribution in [2.75, 3.05) is 11.9 Å². The number of rotatable bonds is 6. The van der Waals surface area contributed by atoms with Crippen molar-refractivity contribution >= 4 is 11.6 Å². The summed E-state index contributed by atoms with van der Waals surface area (Å²) in [4.78, 5) is 12.7. The second-order valence-corrected chi connectivity index (χ2v) is 5.89. The Morgan fingerprint density at radius 1 is 1.08 bits per heavy atom. The minimum atomic E-state index is -0.152. The number of nitrogens with one attached hydrogen (secondary N) is 1. The highest BCUT2D eigenvalue weighted by Crippen LogP contribution is 2.25. The highest BCUT2D eigenvalue weighted by atomic mass is 16.5. The SMILES string of the molecule is CCCOc1ccccc1NC(=O)c1ccc(C)c(-n2cccc2)c1. The molecule has 4 nitrogen and oxygen atoms in total. The van der Waals surface area contributed by atoms with Crippen molar-refractivity contribution in [2.45, 2.75) is 20.3 Å². The second kappa shape index (κ2) is 7.71. The van der Waals surface area contributed by atoms with Crippen molar-refractivity contribution < 1.29 is 9.53 Å². The summed E-state index contributed by atoms with van der Waals surface area (Å²) in [6.07, 6.45) is 4.86. The normalized spacial score (nSPS) is 10.5. The first kappa shape index (κ1) is 16.8. The largest absolute Gasteiger partial charge is 0.491 e. The van der Waals surface area contributed by atoms with Crippen LogP contribution in [0.1, 0.15) is 29.3 Å². The van der Waals surface area contributed by atoms with Gasteiger partial charge in [0, 0.05) is 23.6 Å². The maximum absolute atomic E-state index is 12.7. The van der Waals surface area contributed by atoms with E-state index in [1.54, 1.807) is 0 Å². The average Bonchev–Trinajstić information content (AvgIpc) is 3.15. The van der Waals surface area contributed by atoms with Crippen LogP contribution in [0.25, 0.3) is 5.69 Å². The van der Waals surface area contributed by atoms with Crippen LogP contribution in [-0.2, 0) is 0 Å². The summed E-state index contributed by atoms with van der Waals surface area (Å²) >= 11 is 0. The van der Waals surface area contributed by atoms with Gasteiger partial charge < -0.3 is 14.6 Å². The Balaban J connectivity index is 1.84. The van der Waals surface area contributed by atoms with E-state index >= 15 is 0 Å². The number of benzene rings is 2. The van der Waals surface area contributed by atoms with Crippen LogP contribution >= 0.6 is 0 Å². The Morgan fingerprint density at radius 3 is 2.60 bits per heavy atom. The van der Waals surface area contributed by atoms with Gasteiger partial charge in [0.25, 0.3) is 5.91 Å². The predicted octanol–water partition coefficient (Wildman–Crippen LogP) is 4.83. The topological polar surface area (TPSA) is 43.3 Å². The Bertz CT molecular complexity index is 854. The summed E-state index contributed by atoms with van der Waals surface area (Å²) in [5.74, 6) is 0.538. The minimum absolute atomic E-state index is 0.152. The van der Waals surface area contributed by atoms with Gasteiger partial charge in [-0.2, -0.15) is 0 Å².